The van der Waals surface area contributed by atoms with Crippen LogP contribution in [0.5, 0.6) is 0 Å². The molecule has 1 aliphatic heterocycles. The van der Waals surface area contributed by atoms with E-state index in [1.807, 2.05) is 20.8 Å². The third-order valence-corrected chi connectivity index (χ3v) is 2.87. The fourth-order valence-electron chi connectivity index (χ4n) is 2.08. The Hall–Kier alpha value is -1.56. The van der Waals surface area contributed by atoms with Crippen LogP contribution in [0.3, 0.4) is 0 Å². The molecule has 1 fully saturated rings. The Kier molecular flexibility index (Phi) is 4.09. The quantitative estimate of drug-likeness (QED) is 0.768. The number of carbonyl (C=O) groups excluding carboxylic acids is 1. The van der Waals surface area contributed by atoms with Gasteiger partial charge in [0, 0.05) is 0 Å². The van der Waals surface area contributed by atoms with Gasteiger partial charge in [0.2, 0.25) is 0 Å². The van der Waals surface area contributed by atoms with Gasteiger partial charge in [-0.05, 0) is 40.2 Å². The first-order valence-electron chi connectivity index (χ1n) is 6.72. The van der Waals surface area contributed by atoms with Crippen LogP contribution in [0.25, 0.3) is 0 Å². The number of carbonyl (C=O) groups is 1. The molecular weight excluding hydrogens is 244 g/mol. The van der Waals surface area contributed by atoms with E-state index in [2.05, 4.69) is 20.6 Å². The van der Waals surface area contributed by atoms with E-state index < -0.39 is 11.7 Å². The molecule has 0 aliphatic carbocycles. The molecule has 1 aromatic rings. The summed E-state index contributed by atoms with van der Waals surface area (Å²) in [5, 5.41) is 6.05. The zero-order valence-corrected chi connectivity index (χ0v) is 11.7. The third-order valence-electron chi connectivity index (χ3n) is 2.87. The van der Waals surface area contributed by atoms with Gasteiger partial charge in [-0.3, -0.25) is 5.32 Å². The minimum atomic E-state index is -0.502. The van der Waals surface area contributed by atoms with Crippen LogP contribution in [0.15, 0.2) is 6.20 Å². The Bertz CT molecular complexity index is 430. The van der Waals surface area contributed by atoms with Crippen molar-refractivity contribution >= 4 is 11.9 Å². The monoisotopic (exact) mass is 266 g/mol. The molecule has 0 saturated carbocycles. The number of nitrogens with one attached hydrogen (secondary N) is 3. The van der Waals surface area contributed by atoms with E-state index in [-0.39, 0.29) is 6.04 Å². The molecule has 1 aliphatic rings. The summed E-state index contributed by atoms with van der Waals surface area (Å²) in [5.74, 6) is 1.43. The molecule has 1 saturated heterocycles. The van der Waals surface area contributed by atoms with Gasteiger partial charge < -0.3 is 15.0 Å². The molecule has 6 heteroatoms. The van der Waals surface area contributed by atoms with Gasteiger partial charge in [0.25, 0.3) is 0 Å². The third kappa shape index (κ3) is 4.24. The summed E-state index contributed by atoms with van der Waals surface area (Å²) >= 11 is 0. The predicted octanol–water partition coefficient (Wildman–Crippen LogP) is 2.57. The van der Waals surface area contributed by atoms with Crippen molar-refractivity contribution < 1.29 is 9.53 Å². The van der Waals surface area contributed by atoms with Crippen LogP contribution in [0.2, 0.25) is 0 Å². The largest absolute Gasteiger partial charge is 0.444 e. The maximum absolute atomic E-state index is 11.6. The highest BCUT2D eigenvalue weighted by Gasteiger charge is 2.19. The van der Waals surface area contributed by atoms with E-state index in [1.165, 1.54) is 12.8 Å². The topological polar surface area (TPSA) is 79.0 Å². The van der Waals surface area contributed by atoms with Crippen molar-refractivity contribution in [3.8, 4) is 0 Å². The fraction of sp³-hybridized carbons (Fsp3) is 0.692. The molecule has 0 spiro atoms. The van der Waals surface area contributed by atoms with Crippen molar-refractivity contribution in [1.29, 1.82) is 0 Å². The number of imidazole rings is 1. The van der Waals surface area contributed by atoms with Crippen molar-refractivity contribution in [1.82, 2.24) is 15.3 Å². The normalized spacial score (nSPS) is 20.1. The lowest BCUT2D eigenvalue weighted by Crippen LogP contribution is -2.28. The molecule has 3 N–H and O–H groups in total. The Labute approximate surface area is 113 Å². The molecule has 0 bridgehead atoms. The van der Waals surface area contributed by atoms with Gasteiger partial charge in [0.05, 0.1) is 12.2 Å². The Morgan fingerprint density at radius 2 is 2.26 bits per heavy atom. The first-order valence-corrected chi connectivity index (χ1v) is 6.72. The summed E-state index contributed by atoms with van der Waals surface area (Å²) in [7, 11) is 0. The molecule has 0 aromatic carbocycles. The molecule has 2 heterocycles. The lowest BCUT2D eigenvalue weighted by atomic mass is 10.0. The number of ether oxygens (including phenoxy) is 1. The molecule has 0 radical (unpaired) electrons. The van der Waals surface area contributed by atoms with Crippen molar-refractivity contribution in [2.75, 3.05) is 11.9 Å². The molecule has 19 heavy (non-hydrogen) atoms. The van der Waals surface area contributed by atoms with Crippen LogP contribution >= 0.6 is 0 Å². The van der Waals surface area contributed by atoms with Crippen molar-refractivity contribution in [3.05, 3.63) is 12.0 Å². The number of H-pyrrole nitrogens is 1. The van der Waals surface area contributed by atoms with Gasteiger partial charge in [0.15, 0.2) is 0 Å². The zero-order chi connectivity index (χ0) is 13.9. The number of nitrogens with zero attached hydrogens (tertiary/aromatic N) is 1. The summed E-state index contributed by atoms with van der Waals surface area (Å²) in [4.78, 5) is 19.0. The number of hydrogen-bond donors (Lipinski definition) is 3. The van der Waals surface area contributed by atoms with E-state index in [9.17, 15) is 4.79 Å². The van der Waals surface area contributed by atoms with Crippen LogP contribution in [0.4, 0.5) is 10.6 Å². The second kappa shape index (κ2) is 5.61. The summed E-state index contributed by atoms with van der Waals surface area (Å²) in [6.07, 6.45) is 4.63. The summed E-state index contributed by atoms with van der Waals surface area (Å²) in [6.45, 7) is 6.50. The maximum atomic E-state index is 11.6. The van der Waals surface area contributed by atoms with E-state index >= 15 is 0 Å². The number of aromatic nitrogens is 2. The van der Waals surface area contributed by atoms with Crippen molar-refractivity contribution in [2.45, 2.75) is 51.7 Å². The number of amides is 1. The Morgan fingerprint density at radius 3 is 2.89 bits per heavy atom. The number of hydrogen-bond acceptors (Lipinski definition) is 4. The lowest BCUT2D eigenvalue weighted by molar-refractivity contribution is 0.0635. The van der Waals surface area contributed by atoms with Crippen LogP contribution in [0, 0.1) is 0 Å². The second-order valence-electron chi connectivity index (χ2n) is 5.81. The van der Waals surface area contributed by atoms with E-state index in [0.29, 0.717) is 5.82 Å². The fourth-order valence-corrected chi connectivity index (χ4v) is 2.08. The van der Waals surface area contributed by atoms with Gasteiger partial charge in [-0.2, -0.15) is 0 Å². The molecular formula is C13H22N4O2. The van der Waals surface area contributed by atoms with Gasteiger partial charge in [-0.25, -0.2) is 9.78 Å². The number of aromatic amines is 1. The second-order valence-corrected chi connectivity index (χ2v) is 5.81. The molecule has 1 atom stereocenters. The summed E-state index contributed by atoms with van der Waals surface area (Å²) in [6, 6.07) is 0.253. The van der Waals surface area contributed by atoms with Crippen LogP contribution in [-0.2, 0) is 4.74 Å². The number of anilines is 1. The first-order chi connectivity index (χ1) is 8.94. The lowest BCUT2D eigenvalue weighted by Gasteiger charge is -2.21. The zero-order valence-electron chi connectivity index (χ0n) is 11.7. The maximum Gasteiger partial charge on any atom is 0.413 e. The van der Waals surface area contributed by atoms with E-state index in [0.717, 1.165) is 18.8 Å². The average molecular weight is 266 g/mol. The smallest absolute Gasteiger partial charge is 0.413 e. The highest BCUT2D eigenvalue weighted by atomic mass is 16.6. The van der Waals surface area contributed by atoms with E-state index in [1.54, 1.807) is 6.20 Å². The van der Waals surface area contributed by atoms with Crippen molar-refractivity contribution in [2.24, 2.45) is 0 Å². The number of rotatable bonds is 2. The molecule has 2 rings (SSSR count). The van der Waals surface area contributed by atoms with Gasteiger partial charge >= 0.3 is 6.09 Å². The van der Waals surface area contributed by atoms with E-state index in [4.69, 9.17) is 4.74 Å². The summed E-state index contributed by atoms with van der Waals surface area (Å²) in [5.41, 5.74) is -0.502. The van der Waals surface area contributed by atoms with Gasteiger partial charge in [0.1, 0.15) is 17.2 Å². The van der Waals surface area contributed by atoms with Crippen LogP contribution < -0.4 is 10.6 Å². The molecule has 1 amide bonds. The number of piperidine rings is 1. The highest BCUT2D eigenvalue weighted by molar-refractivity contribution is 5.83. The standard InChI is InChI=1S/C13H22N4O2/c1-13(2,3)19-12(18)17-10-8-15-11(16-10)9-6-4-5-7-14-9/h8-9,14H,4-7H2,1-3H3,(H,15,16)(H,17,18). The minimum absolute atomic E-state index is 0.253. The average Bonchev–Trinajstić information content (AvgIpc) is 2.76. The van der Waals surface area contributed by atoms with Crippen molar-refractivity contribution in [3.63, 3.8) is 0 Å². The molecule has 1 aromatic heterocycles. The predicted molar refractivity (Wildman–Crippen MR) is 73.0 cm³/mol. The SMILES string of the molecule is CC(C)(C)OC(=O)Nc1cnc(C2CCCCN2)[nH]1. The highest BCUT2D eigenvalue weighted by Crippen LogP contribution is 2.21. The van der Waals surface area contributed by atoms with Crippen LogP contribution in [0.1, 0.15) is 51.9 Å². The first kappa shape index (κ1) is 13.9. The van der Waals surface area contributed by atoms with Crippen LogP contribution in [-0.4, -0.2) is 28.2 Å². The molecule has 106 valence electrons. The van der Waals surface area contributed by atoms with Gasteiger partial charge in [-0.1, -0.05) is 6.42 Å². The minimum Gasteiger partial charge on any atom is -0.444 e. The molecule has 6 nitrogen and oxygen atoms in total. The molecule has 1 unspecified atom stereocenters. The van der Waals surface area contributed by atoms with Gasteiger partial charge in [-0.15, -0.1) is 0 Å². The Balaban J connectivity index is 1.91. The Morgan fingerprint density at radius 1 is 1.47 bits per heavy atom. The summed E-state index contributed by atoms with van der Waals surface area (Å²) < 4.78 is 5.18.